The fourth-order valence-electron chi connectivity index (χ4n) is 2.65. The summed E-state index contributed by atoms with van der Waals surface area (Å²) in [4.78, 5) is 24.5. The van der Waals surface area contributed by atoms with E-state index in [1.165, 1.54) is 28.8 Å². The molecule has 0 N–H and O–H groups in total. The SMILES string of the molecule is Cn1ncc([N+](=O)[O-])c1C(=O)N1CCc2cc(F)ccc2C1. The van der Waals surface area contributed by atoms with Gasteiger partial charge in [0.2, 0.25) is 5.69 Å². The third-order valence-corrected chi connectivity index (χ3v) is 3.79. The lowest BCUT2D eigenvalue weighted by atomic mass is 9.99. The molecule has 0 bridgehead atoms. The number of hydrogen-bond donors (Lipinski definition) is 0. The molecule has 7 nitrogen and oxygen atoms in total. The number of aromatic nitrogens is 2. The second-order valence-electron chi connectivity index (χ2n) is 5.15. The molecule has 0 radical (unpaired) electrons. The van der Waals surface area contributed by atoms with Crippen LogP contribution in [0, 0.1) is 15.9 Å². The lowest BCUT2D eigenvalue weighted by Crippen LogP contribution is -2.37. The molecule has 0 fully saturated rings. The van der Waals surface area contributed by atoms with Crippen LogP contribution in [-0.2, 0) is 20.0 Å². The molecule has 1 amide bonds. The first-order valence-electron chi connectivity index (χ1n) is 6.70. The number of nitrogens with zero attached hydrogens (tertiary/aromatic N) is 4. The predicted molar refractivity (Wildman–Crippen MR) is 74.7 cm³/mol. The van der Waals surface area contributed by atoms with Crippen molar-refractivity contribution in [2.45, 2.75) is 13.0 Å². The van der Waals surface area contributed by atoms with Crippen LogP contribution in [0.25, 0.3) is 0 Å². The van der Waals surface area contributed by atoms with Gasteiger partial charge in [-0.05, 0) is 29.7 Å². The molecular weight excluding hydrogens is 291 g/mol. The van der Waals surface area contributed by atoms with E-state index >= 15 is 0 Å². The molecule has 22 heavy (non-hydrogen) atoms. The fourth-order valence-corrected chi connectivity index (χ4v) is 2.65. The van der Waals surface area contributed by atoms with Gasteiger partial charge in [0.25, 0.3) is 5.91 Å². The summed E-state index contributed by atoms with van der Waals surface area (Å²) >= 11 is 0. The molecule has 114 valence electrons. The molecule has 1 aromatic heterocycles. The molecule has 0 saturated heterocycles. The molecule has 0 saturated carbocycles. The van der Waals surface area contributed by atoms with Crippen LogP contribution in [0.2, 0.25) is 0 Å². The normalized spacial score (nSPS) is 13.8. The number of benzene rings is 1. The number of aryl methyl sites for hydroxylation is 1. The quantitative estimate of drug-likeness (QED) is 0.624. The van der Waals surface area contributed by atoms with Gasteiger partial charge in [0.1, 0.15) is 12.0 Å². The zero-order chi connectivity index (χ0) is 15.9. The van der Waals surface area contributed by atoms with Gasteiger partial charge in [0.05, 0.1) is 4.92 Å². The maximum Gasteiger partial charge on any atom is 0.320 e. The topological polar surface area (TPSA) is 81.3 Å². The second kappa shape index (κ2) is 5.21. The van der Waals surface area contributed by atoms with Crippen LogP contribution in [0.4, 0.5) is 10.1 Å². The van der Waals surface area contributed by atoms with Crippen molar-refractivity contribution in [1.82, 2.24) is 14.7 Å². The predicted octanol–water partition coefficient (Wildman–Crippen LogP) is 1.67. The van der Waals surface area contributed by atoms with Crippen molar-refractivity contribution in [3.8, 4) is 0 Å². The highest BCUT2D eigenvalue weighted by Gasteiger charge is 2.31. The van der Waals surface area contributed by atoms with Gasteiger partial charge in [-0.25, -0.2) is 4.39 Å². The fraction of sp³-hybridized carbons (Fsp3) is 0.286. The Morgan fingerprint density at radius 2 is 2.18 bits per heavy atom. The highest BCUT2D eigenvalue weighted by atomic mass is 19.1. The first-order chi connectivity index (χ1) is 10.5. The van der Waals surface area contributed by atoms with E-state index in [0.29, 0.717) is 19.5 Å². The van der Waals surface area contributed by atoms with Gasteiger partial charge >= 0.3 is 5.69 Å². The Balaban J connectivity index is 1.90. The van der Waals surface area contributed by atoms with Crippen LogP contribution >= 0.6 is 0 Å². The smallest absolute Gasteiger partial charge is 0.320 e. The molecule has 8 heteroatoms. The summed E-state index contributed by atoms with van der Waals surface area (Å²) in [6.07, 6.45) is 1.59. The number of carbonyl (C=O) groups excluding carboxylic acids is 1. The minimum absolute atomic E-state index is 0.0458. The van der Waals surface area contributed by atoms with Crippen molar-refractivity contribution >= 4 is 11.6 Å². The van der Waals surface area contributed by atoms with E-state index in [1.54, 1.807) is 6.07 Å². The Morgan fingerprint density at radius 1 is 1.41 bits per heavy atom. The van der Waals surface area contributed by atoms with Crippen LogP contribution in [0.3, 0.4) is 0 Å². The third-order valence-electron chi connectivity index (χ3n) is 3.79. The largest absolute Gasteiger partial charge is 0.332 e. The Labute approximate surface area is 125 Å². The second-order valence-corrected chi connectivity index (χ2v) is 5.15. The molecule has 0 spiro atoms. The first-order valence-corrected chi connectivity index (χ1v) is 6.70. The van der Waals surface area contributed by atoms with Gasteiger partial charge in [0, 0.05) is 20.1 Å². The van der Waals surface area contributed by atoms with E-state index in [4.69, 9.17) is 0 Å². The summed E-state index contributed by atoms with van der Waals surface area (Å²) in [5.74, 6) is -0.748. The average molecular weight is 304 g/mol. The van der Waals surface area contributed by atoms with E-state index < -0.39 is 10.8 Å². The molecule has 0 aliphatic carbocycles. The highest BCUT2D eigenvalue weighted by molar-refractivity contribution is 5.96. The molecule has 2 aromatic rings. The Hall–Kier alpha value is -2.77. The Kier molecular flexibility index (Phi) is 3.36. The maximum atomic E-state index is 13.2. The summed E-state index contributed by atoms with van der Waals surface area (Å²) in [6.45, 7) is 0.689. The standard InChI is InChI=1S/C14H13FN4O3/c1-17-13(12(7-16-17)19(21)22)14(20)18-5-4-9-6-11(15)3-2-10(9)8-18/h2-3,6-7H,4-5,8H2,1H3. The van der Waals surface area contributed by atoms with Crippen molar-refractivity contribution in [3.63, 3.8) is 0 Å². The van der Waals surface area contributed by atoms with E-state index in [9.17, 15) is 19.3 Å². The molecule has 0 atom stereocenters. The monoisotopic (exact) mass is 304 g/mol. The lowest BCUT2D eigenvalue weighted by Gasteiger charge is -2.28. The lowest BCUT2D eigenvalue weighted by molar-refractivity contribution is -0.385. The van der Waals surface area contributed by atoms with Crippen molar-refractivity contribution < 1.29 is 14.1 Å². The average Bonchev–Trinajstić information content (AvgIpc) is 2.88. The van der Waals surface area contributed by atoms with Gasteiger partial charge in [-0.2, -0.15) is 5.10 Å². The number of amides is 1. The molecule has 0 unspecified atom stereocenters. The Morgan fingerprint density at radius 3 is 2.91 bits per heavy atom. The molecule has 1 aliphatic rings. The minimum Gasteiger partial charge on any atom is -0.332 e. The summed E-state index contributed by atoms with van der Waals surface area (Å²) in [5, 5.41) is 14.8. The summed E-state index contributed by atoms with van der Waals surface area (Å²) < 4.78 is 14.4. The van der Waals surface area contributed by atoms with Gasteiger partial charge in [-0.1, -0.05) is 6.07 Å². The van der Waals surface area contributed by atoms with E-state index in [2.05, 4.69) is 5.10 Å². The summed E-state index contributed by atoms with van der Waals surface area (Å²) in [6, 6.07) is 4.45. The highest BCUT2D eigenvalue weighted by Crippen LogP contribution is 2.24. The number of carbonyl (C=O) groups is 1. The van der Waals surface area contributed by atoms with Crippen molar-refractivity contribution in [1.29, 1.82) is 0 Å². The van der Waals surface area contributed by atoms with Gasteiger partial charge in [-0.15, -0.1) is 0 Å². The van der Waals surface area contributed by atoms with Gasteiger partial charge in [-0.3, -0.25) is 19.6 Å². The van der Waals surface area contributed by atoms with Crippen molar-refractivity contribution in [3.05, 3.63) is 57.1 Å². The van der Waals surface area contributed by atoms with E-state index in [-0.39, 0.29) is 17.2 Å². The molecule has 3 rings (SSSR count). The maximum absolute atomic E-state index is 13.2. The first kappa shape index (κ1) is 14.2. The van der Waals surface area contributed by atoms with Crippen LogP contribution in [0.5, 0.6) is 0 Å². The Bertz CT molecular complexity index is 771. The number of halogens is 1. The van der Waals surface area contributed by atoms with Crippen LogP contribution < -0.4 is 0 Å². The minimum atomic E-state index is -0.618. The van der Waals surface area contributed by atoms with E-state index in [0.717, 1.165) is 17.3 Å². The zero-order valence-corrected chi connectivity index (χ0v) is 11.8. The molecule has 1 aliphatic heterocycles. The zero-order valence-electron chi connectivity index (χ0n) is 11.8. The summed E-state index contributed by atoms with van der Waals surface area (Å²) in [7, 11) is 1.49. The molecule has 1 aromatic carbocycles. The van der Waals surface area contributed by atoms with Gasteiger partial charge in [0.15, 0.2) is 0 Å². The number of fused-ring (bicyclic) bond motifs is 1. The molecular formula is C14H13FN4O3. The van der Waals surface area contributed by atoms with Crippen molar-refractivity contribution in [2.24, 2.45) is 7.05 Å². The number of rotatable bonds is 2. The van der Waals surface area contributed by atoms with Crippen LogP contribution in [0.15, 0.2) is 24.4 Å². The number of hydrogen-bond acceptors (Lipinski definition) is 4. The number of nitro groups is 1. The van der Waals surface area contributed by atoms with Crippen LogP contribution in [-0.4, -0.2) is 32.1 Å². The third kappa shape index (κ3) is 2.32. The van der Waals surface area contributed by atoms with E-state index in [1.807, 2.05) is 0 Å². The van der Waals surface area contributed by atoms with Gasteiger partial charge < -0.3 is 4.90 Å². The van der Waals surface area contributed by atoms with Crippen molar-refractivity contribution in [2.75, 3.05) is 6.54 Å². The van der Waals surface area contributed by atoms with Crippen LogP contribution in [0.1, 0.15) is 21.6 Å². The summed E-state index contributed by atoms with van der Waals surface area (Å²) in [5.41, 5.74) is 1.36. The molecule has 2 heterocycles.